The molecule has 0 radical (unpaired) electrons. The predicted octanol–water partition coefficient (Wildman–Crippen LogP) is 3.14. The molecule has 0 aliphatic rings. The second kappa shape index (κ2) is 9.42. The van der Waals surface area contributed by atoms with Crippen LogP contribution in [0.4, 0.5) is 5.69 Å². The molecule has 134 valence electrons. The van der Waals surface area contributed by atoms with E-state index in [0.717, 1.165) is 16.8 Å². The average Bonchev–Trinajstić information content (AvgIpc) is 2.56. The molecule has 0 spiro atoms. The van der Waals surface area contributed by atoms with Gasteiger partial charge in [0.1, 0.15) is 5.75 Å². The van der Waals surface area contributed by atoms with Crippen molar-refractivity contribution in [1.82, 2.24) is 5.32 Å². The van der Waals surface area contributed by atoms with Crippen LogP contribution in [0.1, 0.15) is 18.1 Å². The van der Waals surface area contributed by atoms with Gasteiger partial charge in [-0.25, -0.2) is 0 Å². The molecule has 0 saturated heterocycles. The highest BCUT2D eigenvalue weighted by molar-refractivity contribution is 6.30. The van der Waals surface area contributed by atoms with Gasteiger partial charge in [-0.15, -0.1) is 0 Å². The fraction of sp³-hybridized carbons (Fsp3) is 0.316. The quantitative estimate of drug-likeness (QED) is 0.674. The number of rotatable bonds is 8. The van der Waals surface area contributed by atoms with Crippen LogP contribution in [0, 0.1) is 6.92 Å². The topological polar surface area (TPSA) is 70.6 Å². The number of hydrogen-bond donors (Lipinski definition) is 3. The maximum atomic E-state index is 12.0. The zero-order valence-electron chi connectivity index (χ0n) is 14.4. The molecule has 0 heterocycles. The van der Waals surface area contributed by atoms with Gasteiger partial charge < -0.3 is 20.5 Å². The zero-order chi connectivity index (χ0) is 18.2. The minimum absolute atomic E-state index is 0.0983. The molecule has 2 aromatic rings. The molecule has 2 aromatic carbocycles. The summed E-state index contributed by atoms with van der Waals surface area (Å²) >= 11 is 6.03. The Bertz CT molecular complexity index is 702. The van der Waals surface area contributed by atoms with Gasteiger partial charge in [-0.1, -0.05) is 29.3 Å². The minimum atomic E-state index is -0.441. The number of halogens is 1. The molecule has 6 heteroatoms. The molecule has 0 fully saturated rings. The van der Waals surface area contributed by atoms with E-state index in [2.05, 4.69) is 10.6 Å². The van der Waals surface area contributed by atoms with E-state index in [1.165, 1.54) is 0 Å². The first-order valence-electron chi connectivity index (χ1n) is 8.10. The van der Waals surface area contributed by atoms with Crippen LogP contribution in [0.2, 0.25) is 5.02 Å². The Morgan fingerprint density at radius 2 is 1.96 bits per heavy atom. The molecule has 1 amide bonds. The van der Waals surface area contributed by atoms with Crippen molar-refractivity contribution in [3.8, 4) is 5.75 Å². The molecule has 25 heavy (non-hydrogen) atoms. The molecule has 0 aliphatic heterocycles. The van der Waals surface area contributed by atoms with Gasteiger partial charge in [-0.05, 0) is 44.2 Å². The third kappa shape index (κ3) is 6.74. The minimum Gasteiger partial charge on any atom is -0.483 e. The Morgan fingerprint density at radius 3 is 2.64 bits per heavy atom. The first-order chi connectivity index (χ1) is 11.9. The lowest BCUT2D eigenvalue weighted by Gasteiger charge is -2.13. The lowest BCUT2D eigenvalue weighted by Crippen LogP contribution is -2.24. The van der Waals surface area contributed by atoms with E-state index >= 15 is 0 Å². The maximum Gasteiger partial charge on any atom is 0.262 e. The molecule has 0 aliphatic carbocycles. The summed E-state index contributed by atoms with van der Waals surface area (Å²) in [6.45, 7) is 4.54. The summed E-state index contributed by atoms with van der Waals surface area (Å²) in [5.74, 6) is 0.350. The Kier molecular flexibility index (Phi) is 7.25. The van der Waals surface area contributed by atoms with E-state index in [9.17, 15) is 9.90 Å². The van der Waals surface area contributed by atoms with Crippen molar-refractivity contribution in [2.75, 3.05) is 18.5 Å². The standard InChI is InChI=1S/C19H23ClN2O3/c1-13-3-6-17(7-4-13)22-19(24)12-25-18-8-5-16(20)9-15(18)11-21-10-14(2)23/h3-9,14,21,23H,10-12H2,1-2H3,(H,22,24). The average molecular weight is 363 g/mol. The SMILES string of the molecule is Cc1ccc(NC(=O)COc2ccc(Cl)cc2CNCC(C)O)cc1. The summed E-state index contributed by atoms with van der Waals surface area (Å²) in [6.07, 6.45) is -0.441. The Balaban J connectivity index is 1.92. The van der Waals surface area contributed by atoms with Crippen molar-refractivity contribution < 1.29 is 14.6 Å². The molecule has 3 N–H and O–H groups in total. The first kappa shape index (κ1) is 19.2. The maximum absolute atomic E-state index is 12.0. The van der Waals surface area contributed by atoms with E-state index in [4.69, 9.17) is 16.3 Å². The number of aliphatic hydroxyl groups excluding tert-OH is 1. The fourth-order valence-electron chi connectivity index (χ4n) is 2.22. The molecule has 5 nitrogen and oxygen atoms in total. The van der Waals surface area contributed by atoms with Crippen molar-refractivity contribution in [3.63, 3.8) is 0 Å². The van der Waals surface area contributed by atoms with Gasteiger partial charge in [0.2, 0.25) is 0 Å². The normalized spacial score (nSPS) is 11.8. The lowest BCUT2D eigenvalue weighted by atomic mass is 10.2. The largest absolute Gasteiger partial charge is 0.483 e. The second-order valence-corrected chi connectivity index (χ2v) is 6.37. The van der Waals surface area contributed by atoms with Gasteiger partial charge in [-0.3, -0.25) is 4.79 Å². The van der Waals surface area contributed by atoms with Crippen LogP contribution in [0.15, 0.2) is 42.5 Å². The summed E-state index contributed by atoms with van der Waals surface area (Å²) < 4.78 is 5.63. The molecular weight excluding hydrogens is 340 g/mol. The van der Waals surface area contributed by atoms with Crippen molar-refractivity contribution in [1.29, 1.82) is 0 Å². The van der Waals surface area contributed by atoms with Gasteiger partial charge in [0.15, 0.2) is 6.61 Å². The highest BCUT2D eigenvalue weighted by atomic mass is 35.5. The Morgan fingerprint density at radius 1 is 1.24 bits per heavy atom. The van der Waals surface area contributed by atoms with E-state index in [0.29, 0.717) is 23.9 Å². The summed E-state index contributed by atoms with van der Waals surface area (Å²) in [7, 11) is 0. The highest BCUT2D eigenvalue weighted by Crippen LogP contribution is 2.23. The van der Waals surface area contributed by atoms with Gasteiger partial charge in [0.05, 0.1) is 6.10 Å². The number of amides is 1. The number of anilines is 1. The Labute approximate surface area is 153 Å². The molecule has 1 atom stereocenters. The van der Waals surface area contributed by atoms with Crippen LogP contribution in [-0.2, 0) is 11.3 Å². The van der Waals surface area contributed by atoms with E-state index in [-0.39, 0.29) is 12.5 Å². The van der Waals surface area contributed by atoms with E-state index in [1.807, 2.05) is 31.2 Å². The molecule has 1 unspecified atom stereocenters. The Hall–Kier alpha value is -2.08. The van der Waals surface area contributed by atoms with Crippen molar-refractivity contribution in [2.24, 2.45) is 0 Å². The number of benzene rings is 2. The molecule has 0 saturated carbocycles. The monoisotopic (exact) mass is 362 g/mol. The lowest BCUT2D eigenvalue weighted by molar-refractivity contribution is -0.118. The number of carbonyl (C=O) groups excluding carboxylic acids is 1. The van der Waals surface area contributed by atoms with Crippen LogP contribution in [0.25, 0.3) is 0 Å². The predicted molar refractivity (Wildman–Crippen MR) is 100 cm³/mol. The summed E-state index contributed by atoms with van der Waals surface area (Å²) in [4.78, 5) is 12.0. The van der Waals surface area contributed by atoms with Crippen LogP contribution in [0.5, 0.6) is 5.75 Å². The number of hydrogen-bond acceptors (Lipinski definition) is 4. The second-order valence-electron chi connectivity index (χ2n) is 5.93. The van der Waals surface area contributed by atoms with Crippen LogP contribution >= 0.6 is 11.6 Å². The number of ether oxygens (including phenoxy) is 1. The third-order valence-corrected chi connectivity index (χ3v) is 3.71. The van der Waals surface area contributed by atoms with E-state index in [1.54, 1.807) is 25.1 Å². The number of nitrogens with one attached hydrogen (secondary N) is 2. The smallest absolute Gasteiger partial charge is 0.262 e. The van der Waals surface area contributed by atoms with Crippen LogP contribution < -0.4 is 15.4 Å². The number of carbonyl (C=O) groups is 1. The van der Waals surface area contributed by atoms with Gasteiger partial charge in [0.25, 0.3) is 5.91 Å². The number of aliphatic hydroxyl groups is 1. The fourth-order valence-corrected chi connectivity index (χ4v) is 2.41. The van der Waals surface area contributed by atoms with Gasteiger partial charge in [-0.2, -0.15) is 0 Å². The molecule has 0 aromatic heterocycles. The third-order valence-electron chi connectivity index (χ3n) is 3.47. The highest BCUT2D eigenvalue weighted by Gasteiger charge is 2.09. The van der Waals surface area contributed by atoms with Gasteiger partial charge in [0, 0.05) is 29.4 Å². The molecule has 2 rings (SSSR count). The first-order valence-corrected chi connectivity index (χ1v) is 8.48. The van der Waals surface area contributed by atoms with Crippen LogP contribution in [-0.4, -0.2) is 30.3 Å². The van der Waals surface area contributed by atoms with Crippen molar-refractivity contribution >= 4 is 23.2 Å². The zero-order valence-corrected chi connectivity index (χ0v) is 15.1. The summed E-state index contributed by atoms with van der Waals surface area (Å²) in [5, 5.41) is 15.8. The van der Waals surface area contributed by atoms with Crippen molar-refractivity contribution in [2.45, 2.75) is 26.5 Å². The summed E-state index contributed by atoms with van der Waals surface area (Å²) in [5.41, 5.74) is 2.69. The van der Waals surface area contributed by atoms with Crippen molar-refractivity contribution in [3.05, 3.63) is 58.6 Å². The van der Waals surface area contributed by atoms with Gasteiger partial charge >= 0.3 is 0 Å². The van der Waals surface area contributed by atoms with Crippen LogP contribution in [0.3, 0.4) is 0 Å². The molecule has 0 bridgehead atoms. The van der Waals surface area contributed by atoms with E-state index < -0.39 is 6.10 Å². The summed E-state index contributed by atoms with van der Waals surface area (Å²) in [6, 6.07) is 12.8. The molecular formula is C19H23ClN2O3. The number of aryl methyl sites for hydroxylation is 1.